The molecule has 0 saturated carbocycles. The molecule has 3 N–H and O–H groups in total. The van der Waals surface area contributed by atoms with Crippen molar-refractivity contribution in [2.24, 2.45) is 0 Å². The third kappa shape index (κ3) is 2.56. The molecule has 0 spiro atoms. The number of esters is 1. The Morgan fingerprint density at radius 2 is 2.05 bits per heavy atom. The van der Waals surface area contributed by atoms with Gasteiger partial charge in [0.2, 0.25) is 0 Å². The van der Waals surface area contributed by atoms with Crippen molar-refractivity contribution >= 4 is 34.7 Å². The fourth-order valence-electron chi connectivity index (χ4n) is 2.27. The molecule has 0 radical (unpaired) electrons. The van der Waals surface area contributed by atoms with Gasteiger partial charge in [-0.05, 0) is 29.8 Å². The third-order valence-electron chi connectivity index (χ3n) is 3.41. The molecule has 0 saturated heterocycles. The maximum absolute atomic E-state index is 11.5. The standard InChI is InChI=1S/C17H15N3O2/c1-22-17(21)12-8-6-11(10-14(12)18)7-9-16-13-4-2-3-5-15(13)19-20-16/h2-10H,18H2,1H3,(H,19,20). The number of hydrogen-bond donors (Lipinski definition) is 2. The van der Waals surface area contributed by atoms with Crippen molar-refractivity contribution in [3.8, 4) is 0 Å². The Bertz CT molecular complexity index is 865. The van der Waals surface area contributed by atoms with Crippen molar-refractivity contribution in [2.45, 2.75) is 0 Å². The van der Waals surface area contributed by atoms with Gasteiger partial charge < -0.3 is 10.5 Å². The molecule has 2 aromatic carbocycles. The Labute approximate surface area is 127 Å². The van der Waals surface area contributed by atoms with E-state index in [2.05, 4.69) is 14.9 Å². The van der Waals surface area contributed by atoms with Crippen LogP contribution >= 0.6 is 0 Å². The van der Waals surface area contributed by atoms with Crippen LogP contribution in [0, 0.1) is 0 Å². The molecule has 5 heteroatoms. The van der Waals surface area contributed by atoms with Crippen molar-refractivity contribution in [3.63, 3.8) is 0 Å². The molecule has 0 unspecified atom stereocenters. The monoisotopic (exact) mass is 293 g/mol. The van der Waals surface area contributed by atoms with Crippen LogP contribution in [0.5, 0.6) is 0 Å². The summed E-state index contributed by atoms with van der Waals surface area (Å²) in [4.78, 5) is 11.5. The van der Waals surface area contributed by atoms with Crippen molar-refractivity contribution in [2.75, 3.05) is 12.8 Å². The van der Waals surface area contributed by atoms with Gasteiger partial charge in [0, 0.05) is 11.1 Å². The summed E-state index contributed by atoms with van der Waals surface area (Å²) in [6.07, 6.45) is 3.81. The first-order valence-electron chi connectivity index (χ1n) is 6.78. The predicted octanol–water partition coefficient (Wildman–Crippen LogP) is 3.10. The van der Waals surface area contributed by atoms with Crippen molar-refractivity contribution in [3.05, 3.63) is 59.3 Å². The minimum atomic E-state index is -0.439. The summed E-state index contributed by atoms with van der Waals surface area (Å²) in [6.45, 7) is 0. The van der Waals surface area contributed by atoms with Gasteiger partial charge in [-0.25, -0.2) is 4.79 Å². The van der Waals surface area contributed by atoms with Crippen molar-refractivity contribution in [1.29, 1.82) is 0 Å². The number of rotatable bonds is 3. The lowest BCUT2D eigenvalue weighted by atomic mass is 10.1. The highest BCUT2D eigenvalue weighted by Crippen LogP contribution is 2.20. The Hall–Kier alpha value is -3.08. The number of nitrogens with zero attached hydrogens (tertiary/aromatic N) is 1. The molecule has 22 heavy (non-hydrogen) atoms. The van der Waals surface area contributed by atoms with Crippen LogP contribution in [0.1, 0.15) is 21.6 Å². The molecule has 0 atom stereocenters. The highest BCUT2D eigenvalue weighted by atomic mass is 16.5. The van der Waals surface area contributed by atoms with E-state index < -0.39 is 5.97 Å². The maximum Gasteiger partial charge on any atom is 0.339 e. The number of para-hydroxylation sites is 1. The zero-order valence-corrected chi connectivity index (χ0v) is 12.0. The largest absolute Gasteiger partial charge is 0.465 e. The van der Waals surface area contributed by atoms with Crippen LogP contribution in [-0.2, 0) is 4.74 Å². The second-order valence-electron chi connectivity index (χ2n) is 4.83. The number of fused-ring (bicyclic) bond motifs is 1. The number of H-pyrrole nitrogens is 1. The fraction of sp³-hybridized carbons (Fsp3) is 0.0588. The second-order valence-corrected chi connectivity index (χ2v) is 4.83. The van der Waals surface area contributed by atoms with Crippen LogP contribution in [0.25, 0.3) is 23.1 Å². The molecule has 3 rings (SSSR count). The van der Waals surface area contributed by atoms with E-state index in [1.807, 2.05) is 42.5 Å². The number of aromatic nitrogens is 2. The van der Waals surface area contributed by atoms with Gasteiger partial charge in [0.1, 0.15) is 0 Å². The molecular weight excluding hydrogens is 278 g/mol. The Morgan fingerprint density at radius 1 is 1.23 bits per heavy atom. The van der Waals surface area contributed by atoms with E-state index in [0.29, 0.717) is 11.3 Å². The van der Waals surface area contributed by atoms with Gasteiger partial charge in [-0.2, -0.15) is 5.10 Å². The van der Waals surface area contributed by atoms with Crippen LogP contribution in [0.3, 0.4) is 0 Å². The van der Waals surface area contributed by atoms with Crippen LogP contribution in [-0.4, -0.2) is 23.3 Å². The highest BCUT2D eigenvalue weighted by molar-refractivity contribution is 5.96. The molecule has 0 fully saturated rings. The Kier molecular flexibility index (Phi) is 3.62. The lowest BCUT2D eigenvalue weighted by Crippen LogP contribution is -2.05. The maximum atomic E-state index is 11.5. The van der Waals surface area contributed by atoms with Crippen molar-refractivity contribution in [1.82, 2.24) is 10.2 Å². The first kappa shape index (κ1) is 13.9. The number of methoxy groups -OCH3 is 1. The van der Waals surface area contributed by atoms with Crippen LogP contribution in [0.2, 0.25) is 0 Å². The molecule has 0 bridgehead atoms. The van der Waals surface area contributed by atoms with Gasteiger partial charge in [0.25, 0.3) is 0 Å². The molecule has 0 aliphatic rings. The fourth-order valence-corrected chi connectivity index (χ4v) is 2.27. The molecule has 5 nitrogen and oxygen atoms in total. The summed E-state index contributed by atoms with van der Waals surface area (Å²) in [6, 6.07) is 13.1. The van der Waals surface area contributed by atoms with E-state index in [1.165, 1.54) is 7.11 Å². The lowest BCUT2D eigenvalue weighted by molar-refractivity contribution is 0.0602. The zero-order chi connectivity index (χ0) is 15.5. The van der Waals surface area contributed by atoms with Gasteiger partial charge in [0.15, 0.2) is 0 Å². The molecule has 1 aromatic heterocycles. The van der Waals surface area contributed by atoms with Crippen LogP contribution in [0.4, 0.5) is 5.69 Å². The quantitative estimate of drug-likeness (QED) is 0.574. The summed E-state index contributed by atoms with van der Waals surface area (Å²) in [5, 5.41) is 8.31. The normalized spacial score (nSPS) is 11.1. The molecule has 1 heterocycles. The smallest absolute Gasteiger partial charge is 0.339 e. The lowest BCUT2D eigenvalue weighted by Gasteiger charge is -2.04. The van der Waals surface area contributed by atoms with E-state index in [4.69, 9.17) is 5.73 Å². The summed E-state index contributed by atoms with van der Waals surface area (Å²) in [5.74, 6) is -0.439. The minimum absolute atomic E-state index is 0.366. The van der Waals surface area contributed by atoms with Crippen LogP contribution < -0.4 is 5.73 Å². The second kappa shape index (κ2) is 5.73. The SMILES string of the molecule is COC(=O)c1ccc(C=Cc2n[nH]c3ccccc23)cc1N. The summed E-state index contributed by atoms with van der Waals surface area (Å²) < 4.78 is 4.67. The number of anilines is 1. The number of carbonyl (C=O) groups is 1. The molecule has 110 valence electrons. The number of nitrogens with two attached hydrogens (primary N) is 1. The summed E-state index contributed by atoms with van der Waals surface area (Å²) in [7, 11) is 1.33. The van der Waals surface area contributed by atoms with E-state index >= 15 is 0 Å². The Morgan fingerprint density at radius 3 is 2.82 bits per heavy atom. The topological polar surface area (TPSA) is 81.0 Å². The molecule has 0 aliphatic carbocycles. The molecule has 3 aromatic rings. The van der Waals surface area contributed by atoms with Gasteiger partial charge in [0.05, 0.1) is 23.9 Å². The van der Waals surface area contributed by atoms with E-state index in [-0.39, 0.29) is 0 Å². The van der Waals surface area contributed by atoms with E-state index in [1.54, 1.807) is 12.1 Å². The predicted molar refractivity (Wildman–Crippen MR) is 87.2 cm³/mol. The van der Waals surface area contributed by atoms with E-state index in [0.717, 1.165) is 22.2 Å². The first-order chi connectivity index (χ1) is 10.7. The Balaban J connectivity index is 1.90. The van der Waals surface area contributed by atoms with Gasteiger partial charge in [-0.1, -0.05) is 30.3 Å². The number of hydrogen-bond acceptors (Lipinski definition) is 4. The molecular formula is C17H15N3O2. The number of carbonyl (C=O) groups excluding carboxylic acids is 1. The van der Waals surface area contributed by atoms with Gasteiger partial charge >= 0.3 is 5.97 Å². The zero-order valence-electron chi connectivity index (χ0n) is 12.0. The number of ether oxygens (including phenoxy) is 1. The van der Waals surface area contributed by atoms with Crippen molar-refractivity contribution < 1.29 is 9.53 Å². The number of nitrogens with one attached hydrogen (secondary N) is 1. The summed E-state index contributed by atoms with van der Waals surface area (Å²) >= 11 is 0. The van der Waals surface area contributed by atoms with E-state index in [9.17, 15) is 4.79 Å². The average molecular weight is 293 g/mol. The number of nitrogen functional groups attached to an aromatic ring is 1. The highest BCUT2D eigenvalue weighted by Gasteiger charge is 2.09. The summed E-state index contributed by atoms with van der Waals surface area (Å²) in [5.41, 5.74) is 9.36. The first-order valence-corrected chi connectivity index (χ1v) is 6.78. The van der Waals surface area contributed by atoms with Gasteiger partial charge in [-0.3, -0.25) is 5.10 Å². The van der Waals surface area contributed by atoms with Gasteiger partial charge in [-0.15, -0.1) is 0 Å². The minimum Gasteiger partial charge on any atom is -0.465 e. The molecule has 0 amide bonds. The average Bonchev–Trinajstić information content (AvgIpc) is 2.95. The number of aromatic amines is 1. The molecule has 0 aliphatic heterocycles. The number of benzene rings is 2. The van der Waals surface area contributed by atoms with Crippen LogP contribution in [0.15, 0.2) is 42.5 Å². The third-order valence-corrected chi connectivity index (χ3v) is 3.41.